The third-order valence-electron chi connectivity index (χ3n) is 5.17. The average Bonchev–Trinajstić information content (AvgIpc) is 3.59. The number of aromatic nitrogens is 2. The van der Waals surface area contributed by atoms with Crippen LogP contribution in [-0.2, 0) is 13.2 Å². The minimum Gasteiger partial charge on any atom is -0.493 e. The van der Waals surface area contributed by atoms with Crippen LogP contribution in [0.2, 0.25) is 0 Å². The molecule has 4 heterocycles. The number of amides is 1. The highest BCUT2D eigenvalue weighted by Gasteiger charge is 2.20. The number of fused-ring (bicyclic) bond motifs is 3. The summed E-state index contributed by atoms with van der Waals surface area (Å²) < 4.78 is 13.5. The Bertz CT molecular complexity index is 1370. The normalized spacial score (nSPS) is 11.3. The summed E-state index contributed by atoms with van der Waals surface area (Å²) in [5.41, 5.74) is 1.98. The van der Waals surface area contributed by atoms with E-state index in [9.17, 15) is 4.79 Å². The number of carbonyl (C=O) groups excluding carboxylic acids is 1. The Hall–Kier alpha value is -2.88. The standard InChI is InChI=1S/C23H21N3O3S3/c1-3-25(22(27)20-12-17-21(32-20)24-23-26(17)8-10-31-23)13-15-6-7-18(19(11-15)28-2)29-14-16-5-4-9-30-16/h4-12H,3,13-14H2,1-2H3. The second kappa shape index (κ2) is 8.93. The second-order valence-corrected chi connectivity index (χ2v) is 10.1. The summed E-state index contributed by atoms with van der Waals surface area (Å²) in [6, 6.07) is 11.8. The molecule has 1 amide bonds. The van der Waals surface area contributed by atoms with Crippen molar-refractivity contribution in [3.63, 3.8) is 0 Å². The van der Waals surface area contributed by atoms with Crippen LogP contribution in [0, 0.1) is 0 Å². The van der Waals surface area contributed by atoms with Crippen LogP contribution in [-0.4, -0.2) is 33.8 Å². The number of methoxy groups -OCH3 is 1. The molecule has 4 aromatic heterocycles. The molecule has 32 heavy (non-hydrogen) atoms. The number of nitrogens with zero attached hydrogens (tertiary/aromatic N) is 3. The summed E-state index contributed by atoms with van der Waals surface area (Å²) >= 11 is 4.70. The van der Waals surface area contributed by atoms with Crippen LogP contribution in [0.1, 0.15) is 27.0 Å². The number of hydrogen-bond donors (Lipinski definition) is 0. The summed E-state index contributed by atoms with van der Waals surface area (Å²) in [6.45, 7) is 3.59. The Morgan fingerprint density at radius 1 is 1.16 bits per heavy atom. The molecule has 0 unspecified atom stereocenters. The van der Waals surface area contributed by atoms with Gasteiger partial charge in [0.25, 0.3) is 5.91 Å². The van der Waals surface area contributed by atoms with Gasteiger partial charge in [0.2, 0.25) is 0 Å². The zero-order valence-electron chi connectivity index (χ0n) is 17.6. The van der Waals surface area contributed by atoms with Crippen molar-refractivity contribution in [2.24, 2.45) is 0 Å². The minimum absolute atomic E-state index is 0.0106. The number of thiophene rings is 2. The molecule has 0 radical (unpaired) electrons. The van der Waals surface area contributed by atoms with Gasteiger partial charge in [-0.25, -0.2) is 4.98 Å². The van der Waals surface area contributed by atoms with E-state index >= 15 is 0 Å². The Labute approximate surface area is 197 Å². The van der Waals surface area contributed by atoms with Gasteiger partial charge in [0.1, 0.15) is 11.4 Å². The van der Waals surface area contributed by atoms with Gasteiger partial charge in [0.15, 0.2) is 16.5 Å². The zero-order valence-corrected chi connectivity index (χ0v) is 20.1. The molecule has 6 nitrogen and oxygen atoms in total. The van der Waals surface area contributed by atoms with Crippen molar-refractivity contribution in [3.05, 3.63) is 68.7 Å². The number of imidazole rings is 1. The molecular formula is C23H21N3O3S3. The lowest BCUT2D eigenvalue weighted by Gasteiger charge is -2.21. The maximum absolute atomic E-state index is 13.2. The van der Waals surface area contributed by atoms with Gasteiger partial charge >= 0.3 is 0 Å². The van der Waals surface area contributed by atoms with Crippen molar-refractivity contribution >= 4 is 55.2 Å². The monoisotopic (exact) mass is 483 g/mol. The predicted molar refractivity (Wildman–Crippen MR) is 131 cm³/mol. The number of hydrogen-bond acceptors (Lipinski definition) is 7. The topological polar surface area (TPSA) is 56.1 Å². The average molecular weight is 484 g/mol. The van der Waals surface area contributed by atoms with E-state index in [-0.39, 0.29) is 5.91 Å². The lowest BCUT2D eigenvalue weighted by molar-refractivity contribution is 0.0757. The van der Waals surface area contributed by atoms with Crippen molar-refractivity contribution in [1.82, 2.24) is 14.3 Å². The molecule has 0 saturated heterocycles. The predicted octanol–water partition coefficient (Wildman–Crippen LogP) is 5.92. The van der Waals surface area contributed by atoms with Gasteiger partial charge in [0.05, 0.1) is 17.5 Å². The summed E-state index contributed by atoms with van der Waals surface area (Å²) in [7, 11) is 1.63. The van der Waals surface area contributed by atoms with Crippen molar-refractivity contribution in [2.75, 3.05) is 13.7 Å². The van der Waals surface area contributed by atoms with Crippen LogP contribution in [0.5, 0.6) is 11.5 Å². The van der Waals surface area contributed by atoms with Crippen molar-refractivity contribution in [2.45, 2.75) is 20.1 Å². The van der Waals surface area contributed by atoms with Gasteiger partial charge in [-0.05, 0) is 42.1 Å². The van der Waals surface area contributed by atoms with Crippen LogP contribution in [0.25, 0.3) is 15.3 Å². The van der Waals surface area contributed by atoms with E-state index in [4.69, 9.17) is 9.47 Å². The van der Waals surface area contributed by atoms with Crippen molar-refractivity contribution in [3.8, 4) is 11.5 Å². The van der Waals surface area contributed by atoms with E-state index < -0.39 is 0 Å². The fourth-order valence-corrected chi connectivity index (χ4v) is 5.91. The van der Waals surface area contributed by atoms with Gasteiger partial charge in [0, 0.05) is 29.5 Å². The quantitative estimate of drug-likeness (QED) is 0.275. The van der Waals surface area contributed by atoms with E-state index in [1.54, 1.807) is 29.8 Å². The van der Waals surface area contributed by atoms with Crippen LogP contribution >= 0.6 is 34.0 Å². The van der Waals surface area contributed by atoms with Gasteiger partial charge < -0.3 is 14.4 Å². The summed E-state index contributed by atoms with van der Waals surface area (Å²) in [6.07, 6.45) is 1.99. The number of ether oxygens (including phenoxy) is 2. The Kier molecular flexibility index (Phi) is 5.86. The molecule has 0 N–H and O–H groups in total. The number of thiazole rings is 1. The summed E-state index contributed by atoms with van der Waals surface area (Å²) in [4.78, 5) is 23.4. The van der Waals surface area contributed by atoms with Crippen LogP contribution in [0.3, 0.4) is 0 Å². The van der Waals surface area contributed by atoms with Gasteiger partial charge in [-0.3, -0.25) is 9.20 Å². The fourth-order valence-electron chi connectivity index (χ4n) is 3.53. The lowest BCUT2D eigenvalue weighted by Crippen LogP contribution is -2.29. The largest absolute Gasteiger partial charge is 0.493 e. The van der Waals surface area contributed by atoms with Crippen molar-refractivity contribution < 1.29 is 14.3 Å². The molecule has 5 aromatic rings. The second-order valence-electron chi connectivity index (χ2n) is 7.14. The van der Waals surface area contributed by atoms with Crippen LogP contribution < -0.4 is 9.47 Å². The minimum atomic E-state index is 0.0106. The molecule has 164 valence electrons. The molecule has 0 fully saturated rings. The number of rotatable bonds is 8. The molecule has 0 atom stereocenters. The van der Waals surface area contributed by atoms with Gasteiger partial charge in [-0.2, -0.15) is 0 Å². The molecule has 1 aromatic carbocycles. The smallest absolute Gasteiger partial charge is 0.264 e. The fraction of sp³-hybridized carbons (Fsp3) is 0.217. The van der Waals surface area contributed by atoms with Crippen LogP contribution in [0.15, 0.2) is 53.4 Å². The maximum atomic E-state index is 13.2. The van der Waals surface area contributed by atoms with E-state index in [1.165, 1.54) is 11.3 Å². The molecular weight excluding hydrogens is 462 g/mol. The Balaban J connectivity index is 1.33. The van der Waals surface area contributed by atoms with Crippen molar-refractivity contribution in [1.29, 1.82) is 0 Å². The first-order valence-corrected chi connectivity index (χ1v) is 12.7. The lowest BCUT2D eigenvalue weighted by atomic mass is 10.2. The highest BCUT2D eigenvalue weighted by Crippen LogP contribution is 2.31. The Morgan fingerprint density at radius 2 is 2.06 bits per heavy atom. The molecule has 5 rings (SSSR count). The van der Waals surface area contributed by atoms with Crippen LogP contribution in [0.4, 0.5) is 0 Å². The van der Waals surface area contributed by atoms with E-state index in [0.717, 1.165) is 25.7 Å². The maximum Gasteiger partial charge on any atom is 0.264 e. The third kappa shape index (κ3) is 3.99. The first-order chi connectivity index (χ1) is 15.7. The molecule has 9 heteroatoms. The summed E-state index contributed by atoms with van der Waals surface area (Å²) in [5.74, 6) is 1.37. The van der Waals surface area contributed by atoms with E-state index in [0.29, 0.717) is 36.1 Å². The van der Waals surface area contributed by atoms with E-state index in [1.807, 2.05) is 69.6 Å². The zero-order chi connectivity index (χ0) is 22.1. The summed E-state index contributed by atoms with van der Waals surface area (Å²) in [5, 5.41) is 4.03. The first-order valence-electron chi connectivity index (χ1n) is 10.1. The molecule has 0 aliphatic rings. The SMILES string of the molecule is CCN(Cc1ccc(OCc2cccs2)c(OC)c1)C(=O)c1cc2c(nc3sccn32)s1. The third-order valence-corrected chi connectivity index (χ3v) is 7.78. The van der Waals surface area contributed by atoms with E-state index in [2.05, 4.69) is 4.98 Å². The highest BCUT2D eigenvalue weighted by atomic mass is 32.1. The molecule has 0 spiro atoms. The molecule has 0 bridgehead atoms. The van der Waals surface area contributed by atoms with Gasteiger partial charge in [-0.1, -0.05) is 12.1 Å². The molecule has 0 aliphatic carbocycles. The molecule has 0 aliphatic heterocycles. The first kappa shape index (κ1) is 21.0. The number of carbonyl (C=O) groups is 1. The molecule has 0 saturated carbocycles. The number of benzene rings is 1. The van der Waals surface area contributed by atoms with Gasteiger partial charge in [-0.15, -0.1) is 34.0 Å². The Morgan fingerprint density at radius 3 is 2.84 bits per heavy atom. The highest BCUT2D eigenvalue weighted by molar-refractivity contribution is 7.21.